The number of fused-ring (bicyclic) bond motifs is 5. The van der Waals surface area contributed by atoms with E-state index in [1.54, 1.807) is 0 Å². The Balaban J connectivity index is 1.57. The van der Waals surface area contributed by atoms with Crippen molar-refractivity contribution in [1.82, 2.24) is 0 Å². The topological polar surface area (TPSA) is 66.5 Å². The number of hydrogen-bond donors (Lipinski definition) is 3. The standard InChI is InChI=1S/C18H31NO2/c1-18-7-6-11-12(14(18)4-5-17(18)21)3-2-10-8-15(19)16(20)9-13(10)11/h10-17,20-21H,2-9,19H2,1H3/t10-,11-,12+,13-,14-,15+,16-,17-,18-/m0/s1. The van der Waals surface area contributed by atoms with Crippen LogP contribution in [0, 0.1) is 35.0 Å². The van der Waals surface area contributed by atoms with Crippen molar-refractivity contribution in [3.8, 4) is 0 Å². The van der Waals surface area contributed by atoms with Crippen molar-refractivity contribution in [2.24, 2.45) is 40.7 Å². The van der Waals surface area contributed by atoms with E-state index >= 15 is 0 Å². The summed E-state index contributed by atoms with van der Waals surface area (Å²) in [6, 6.07) is 0.00459. The quantitative estimate of drug-likeness (QED) is 0.642. The summed E-state index contributed by atoms with van der Waals surface area (Å²) in [6.45, 7) is 2.34. The molecule has 0 aromatic heterocycles. The molecule has 0 bridgehead atoms. The van der Waals surface area contributed by atoms with Gasteiger partial charge in [-0.05, 0) is 86.4 Å². The first-order valence-electron chi connectivity index (χ1n) is 9.12. The first-order chi connectivity index (χ1) is 10.0. The highest BCUT2D eigenvalue weighted by Gasteiger charge is 2.57. The lowest BCUT2D eigenvalue weighted by Crippen LogP contribution is -2.53. The fourth-order valence-corrected chi connectivity index (χ4v) is 6.83. The first-order valence-corrected chi connectivity index (χ1v) is 9.12. The van der Waals surface area contributed by atoms with Crippen LogP contribution < -0.4 is 5.73 Å². The molecule has 0 aromatic carbocycles. The molecule has 9 atom stereocenters. The van der Waals surface area contributed by atoms with E-state index in [0.717, 1.165) is 42.9 Å². The summed E-state index contributed by atoms with van der Waals surface area (Å²) in [4.78, 5) is 0. The van der Waals surface area contributed by atoms with Crippen LogP contribution in [0.4, 0.5) is 0 Å². The van der Waals surface area contributed by atoms with E-state index in [-0.39, 0.29) is 23.7 Å². The third kappa shape index (κ3) is 2.04. The second-order valence-electron chi connectivity index (χ2n) is 8.78. The number of aliphatic hydroxyl groups excluding tert-OH is 2. The van der Waals surface area contributed by atoms with E-state index in [0.29, 0.717) is 5.92 Å². The highest BCUT2D eigenvalue weighted by atomic mass is 16.3. The number of hydrogen-bond acceptors (Lipinski definition) is 3. The van der Waals surface area contributed by atoms with Gasteiger partial charge in [0, 0.05) is 6.04 Å². The van der Waals surface area contributed by atoms with Crippen molar-refractivity contribution in [2.75, 3.05) is 0 Å². The Labute approximate surface area is 128 Å². The molecule has 4 fully saturated rings. The van der Waals surface area contributed by atoms with Gasteiger partial charge in [0.05, 0.1) is 12.2 Å². The Hall–Kier alpha value is -0.120. The molecule has 120 valence electrons. The van der Waals surface area contributed by atoms with E-state index < -0.39 is 0 Å². The van der Waals surface area contributed by atoms with E-state index in [1.165, 1.54) is 32.1 Å². The van der Waals surface area contributed by atoms with E-state index in [2.05, 4.69) is 6.92 Å². The maximum Gasteiger partial charge on any atom is 0.0694 e. The lowest BCUT2D eigenvalue weighted by Gasteiger charge is -2.56. The average Bonchev–Trinajstić information content (AvgIpc) is 2.76. The van der Waals surface area contributed by atoms with Crippen LogP contribution in [0.1, 0.15) is 58.3 Å². The Morgan fingerprint density at radius 2 is 1.71 bits per heavy atom. The van der Waals surface area contributed by atoms with Crippen LogP contribution >= 0.6 is 0 Å². The van der Waals surface area contributed by atoms with Crippen LogP contribution in [-0.4, -0.2) is 28.5 Å². The molecule has 0 aromatic rings. The van der Waals surface area contributed by atoms with Crippen LogP contribution in [-0.2, 0) is 0 Å². The predicted octanol–water partition coefficient (Wildman–Crippen LogP) is 2.30. The van der Waals surface area contributed by atoms with E-state index in [4.69, 9.17) is 5.73 Å². The van der Waals surface area contributed by atoms with Crippen LogP contribution in [0.25, 0.3) is 0 Å². The zero-order valence-electron chi connectivity index (χ0n) is 13.2. The van der Waals surface area contributed by atoms with Crippen LogP contribution in [0.5, 0.6) is 0 Å². The Kier molecular flexibility index (Phi) is 3.40. The molecule has 21 heavy (non-hydrogen) atoms. The summed E-state index contributed by atoms with van der Waals surface area (Å²) in [5.41, 5.74) is 6.27. The maximum atomic E-state index is 10.4. The summed E-state index contributed by atoms with van der Waals surface area (Å²) >= 11 is 0. The number of aliphatic hydroxyl groups is 2. The molecule has 4 aliphatic carbocycles. The molecule has 0 heterocycles. The summed E-state index contributed by atoms with van der Waals surface area (Å²) in [7, 11) is 0. The van der Waals surface area contributed by atoms with Gasteiger partial charge < -0.3 is 15.9 Å². The molecule has 0 amide bonds. The monoisotopic (exact) mass is 293 g/mol. The Morgan fingerprint density at radius 3 is 2.52 bits per heavy atom. The maximum absolute atomic E-state index is 10.4. The summed E-state index contributed by atoms with van der Waals surface area (Å²) in [5, 5.41) is 20.6. The normalized spacial score (nSPS) is 60.0. The van der Waals surface area contributed by atoms with Gasteiger partial charge >= 0.3 is 0 Å². The fourth-order valence-electron chi connectivity index (χ4n) is 6.83. The van der Waals surface area contributed by atoms with Crippen LogP contribution in [0.15, 0.2) is 0 Å². The van der Waals surface area contributed by atoms with Gasteiger partial charge in [0.1, 0.15) is 0 Å². The largest absolute Gasteiger partial charge is 0.393 e. The van der Waals surface area contributed by atoms with E-state index in [9.17, 15) is 10.2 Å². The minimum Gasteiger partial charge on any atom is -0.393 e. The highest BCUT2D eigenvalue weighted by molar-refractivity contribution is 5.07. The third-order valence-corrected chi connectivity index (χ3v) is 8.05. The summed E-state index contributed by atoms with van der Waals surface area (Å²) < 4.78 is 0. The van der Waals surface area contributed by atoms with Crippen molar-refractivity contribution in [3.05, 3.63) is 0 Å². The third-order valence-electron chi connectivity index (χ3n) is 8.05. The van der Waals surface area contributed by atoms with Gasteiger partial charge in [-0.1, -0.05) is 6.92 Å². The molecule has 0 radical (unpaired) electrons. The molecule has 3 heteroatoms. The fraction of sp³-hybridized carbons (Fsp3) is 1.00. The summed E-state index contributed by atoms with van der Waals surface area (Å²) in [5.74, 6) is 3.75. The summed E-state index contributed by atoms with van der Waals surface area (Å²) in [6.07, 6.45) is 8.90. The van der Waals surface area contributed by atoms with Gasteiger partial charge in [-0.2, -0.15) is 0 Å². The van der Waals surface area contributed by atoms with Crippen molar-refractivity contribution in [1.29, 1.82) is 0 Å². The molecule has 3 nitrogen and oxygen atoms in total. The van der Waals surface area contributed by atoms with Gasteiger partial charge in [-0.3, -0.25) is 0 Å². The smallest absolute Gasteiger partial charge is 0.0694 e. The minimum atomic E-state index is -0.285. The first kappa shape index (κ1) is 14.5. The molecular weight excluding hydrogens is 262 g/mol. The van der Waals surface area contributed by atoms with Crippen LogP contribution in [0.2, 0.25) is 0 Å². The zero-order chi connectivity index (χ0) is 14.8. The van der Waals surface area contributed by atoms with Crippen molar-refractivity contribution in [2.45, 2.75) is 76.5 Å². The van der Waals surface area contributed by atoms with Crippen molar-refractivity contribution < 1.29 is 10.2 Å². The molecular formula is C18H31NO2. The molecule has 4 aliphatic rings. The molecule has 4 rings (SSSR count). The van der Waals surface area contributed by atoms with Gasteiger partial charge in [-0.25, -0.2) is 0 Å². The van der Waals surface area contributed by atoms with Crippen molar-refractivity contribution >= 4 is 0 Å². The zero-order valence-corrected chi connectivity index (χ0v) is 13.2. The van der Waals surface area contributed by atoms with Gasteiger partial charge in [-0.15, -0.1) is 0 Å². The molecule has 0 unspecified atom stereocenters. The van der Waals surface area contributed by atoms with E-state index in [1.807, 2.05) is 0 Å². The minimum absolute atomic E-state index is 0.00459. The molecule has 0 saturated heterocycles. The number of nitrogens with two attached hydrogens (primary N) is 1. The highest BCUT2D eigenvalue weighted by Crippen LogP contribution is 2.62. The average molecular weight is 293 g/mol. The predicted molar refractivity (Wildman–Crippen MR) is 82.5 cm³/mol. The van der Waals surface area contributed by atoms with Crippen molar-refractivity contribution in [3.63, 3.8) is 0 Å². The second-order valence-corrected chi connectivity index (χ2v) is 8.78. The van der Waals surface area contributed by atoms with Gasteiger partial charge in [0.2, 0.25) is 0 Å². The lowest BCUT2D eigenvalue weighted by molar-refractivity contribution is -0.0962. The molecule has 4 saturated carbocycles. The Bertz CT molecular complexity index is 414. The SMILES string of the molecule is C[C@]12CC[C@H]3[C@@H](CC[C@H]4C[C@@H](N)[C@@H](O)C[C@@H]43)[C@@H]1CC[C@@H]2O. The molecule has 0 spiro atoms. The number of rotatable bonds is 0. The lowest BCUT2D eigenvalue weighted by atomic mass is 9.50. The second kappa shape index (κ2) is 4.94. The Morgan fingerprint density at radius 1 is 0.905 bits per heavy atom. The van der Waals surface area contributed by atoms with Gasteiger partial charge in [0.15, 0.2) is 0 Å². The van der Waals surface area contributed by atoms with Crippen LogP contribution in [0.3, 0.4) is 0 Å². The van der Waals surface area contributed by atoms with Gasteiger partial charge in [0.25, 0.3) is 0 Å². The molecule has 4 N–H and O–H groups in total. The molecule has 0 aliphatic heterocycles.